The lowest BCUT2D eigenvalue weighted by molar-refractivity contribution is -0.120. The Morgan fingerprint density at radius 2 is 1.85 bits per heavy atom. The number of amides is 2. The van der Waals surface area contributed by atoms with Crippen LogP contribution < -0.4 is 16.4 Å². The van der Waals surface area contributed by atoms with Crippen LogP contribution in [0, 0.1) is 5.41 Å². The molecule has 1 saturated carbocycles. The number of benzene rings is 1. The molecular formula is C15H21N3O2. The zero-order chi connectivity index (χ0) is 14.6. The molecule has 108 valence electrons. The van der Waals surface area contributed by atoms with Crippen molar-refractivity contribution in [2.45, 2.75) is 26.2 Å². The van der Waals surface area contributed by atoms with Gasteiger partial charge in [0.25, 0.3) is 5.91 Å². The fraction of sp³-hybridized carbons (Fsp3) is 0.467. The van der Waals surface area contributed by atoms with Crippen LogP contribution in [0.2, 0.25) is 0 Å². The Morgan fingerprint density at radius 3 is 2.40 bits per heavy atom. The highest BCUT2D eigenvalue weighted by Crippen LogP contribution is 2.47. The van der Waals surface area contributed by atoms with Gasteiger partial charge in [-0.3, -0.25) is 9.59 Å². The summed E-state index contributed by atoms with van der Waals surface area (Å²) < 4.78 is 0. The Bertz CT molecular complexity index is 492. The molecule has 20 heavy (non-hydrogen) atoms. The van der Waals surface area contributed by atoms with Gasteiger partial charge in [0, 0.05) is 17.8 Å². The summed E-state index contributed by atoms with van der Waals surface area (Å²) in [7, 11) is 0. The molecular weight excluding hydrogens is 254 g/mol. The van der Waals surface area contributed by atoms with Crippen LogP contribution in [-0.4, -0.2) is 24.9 Å². The molecule has 4 N–H and O–H groups in total. The maximum atomic E-state index is 11.8. The number of nitrogens with two attached hydrogens (primary N) is 1. The minimum Gasteiger partial charge on any atom is -0.399 e. The molecule has 0 spiro atoms. The van der Waals surface area contributed by atoms with E-state index in [1.807, 2.05) is 0 Å². The largest absolute Gasteiger partial charge is 0.399 e. The fourth-order valence-electron chi connectivity index (χ4n) is 2.08. The van der Waals surface area contributed by atoms with E-state index in [-0.39, 0.29) is 18.4 Å². The SMILES string of the molecule is CCC1(CNC(=O)CNC(=O)c2ccc(N)cc2)CC1. The maximum Gasteiger partial charge on any atom is 0.251 e. The van der Waals surface area contributed by atoms with Gasteiger partial charge in [0.2, 0.25) is 5.91 Å². The topological polar surface area (TPSA) is 84.2 Å². The highest BCUT2D eigenvalue weighted by atomic mass is 16.2. The lowest BCUT2D eigenvalue weighted by Gasteiger charge is -2.13. The average Bonchev–Trinajstić information content (AvgIpc) is 3.24. The smallest absolute Gasteiger partial charge is 0.251 e. The van der Waals surface area contributed by atoms with Crippen LogP contribution in [0.15, 0.2) is 24.3 Å². The van der Waals surface area contributed by atoms with Gasteiger partial charge in [0.1, 0.15) is 0 Å². The minimum atomic E-state index is -0.267. The lowest BCUT2D eigenvalue weighted by Crippen LogP contribution is -2.39. The van der Waals surface area contributed by atoms with Crippen molar-refractivity contribution < 1.29 is 9.59 Å². The first-order chi connectivity index (χ1) is 9.54. The van der Waals surface area contributed by atoms with Gasteiger partial charge in [0.05, 0.1) is 6.54 Å². The Balaban J connectivity index is 1.73. The van der Waals surface area contributed by atoms with Gasteiger partial charge in [-0.05, 0) is 48.9 Å². The van der Waals surface area contributed by atoms with Crippen molar-refractivity contribution in [3.63, 3.8) is 0 Å². The molecule has 1 aromatic rings. The van der Waals surface area contributed by atoms with Gasteiger partial charge in [0.15, 0.2) is 0 Å². The molecule has 2 amide bonds. The maximum absolute atomic E-state index is 11.8. The van der Waals surface area contributed by atoms with E-state index in [0.717, 1.165) is 6.42 Å². The van der Waals surface area contributed by atoms with E-state index in [1.165, 1.54) is 12.8 Å². The van der Waals surface area contributed by atoms with E-state index in [4.69, 9.17) is 5.73 Å². The van der Waals surface area contributed by atoms with Gasteiger partial charge in [-0.15, -0.1) is 0 Å². The molecule has 0 atom stereocenters. The summed E-state index contributed by atoms with van der Waals surface area (Å²) in [6, 6.07) is 6.60. The second-order valence-electron chi connectivity index (χ2n) is 5.43. The summed E-state index contributed by atoms with van der Waals surface area (Å²) in [5, 5.41) is 5.48. The first-order valence-corrected chi connectivity index (χ1v) is 6.95. The third-order valence-corrected chi connectivity index (χ3v) is 3.95. The summed E-state index contributed by atoms with van der Waals surface area (Å²) in [5.74, 6) is -0.412. The molecule has 0 bridgehead atoms. The number of carbonyl (C=O) groups is 2. The molecule has 1 aliphatic rings. The van der Waals surface area contributed by atoms with Gasteiger partial charge in [-0.2, -0.15) is 0 Å². The normalized spacial score (nSPS) is 15.4. The first-order valence-electron chi connectivity index (χ1n) is 6.95. The third kappa shape index (κ3) is 3.73. The molecule has 1 aliphatic carbocycles. The highest BCUT2D eigenvalue weighted by molar-refractivity contribution is 5.96. The quantitative estimate of drug-likeness (QED) is 0.684. The van der Waals surface area contributed by atoms with Crippen LogP contribution in [0.3, 0.4) is 0 Å². The van der Waals surface area contributed by atoms with E-state index >= 15 is 0 Å². The Morgan fingerprint density at radius 1 is 1.20 bits per heavy atom. The number of nitrogens with one attached hydrogen (secondary N) is 2. The number of hydrogen-bond acceptors (Lipinski definition) is 3. The van der Waals surface area contributed by atoms with Crippen molar-refractivity contribution in [2.75, 3.05) is 18.8 Å². The van der Waals surface area contributed by atoms with Crippen molar-refractivity contribution in [1.82, 2.24) is 10.6 Å². The Hall–Kier alpha value is -2.04. The van der Waals surface area contributed by atoms with Gasteiger partial charge >= 0.3 is 0 Å². The lowest BCUT2D eigenvalue weighted by atomic mass is 10.0. The summed E-state index contributed by atoms with van der Waals surface area (Å²) in [6.45, 7) is 2.85. The summed E-state index contributed by atoms with van der Waals surface area (Å²) in [6.07, 6.45) is 3.45. The molecule has 0 aromatic heterocycles. The minimum absolute atomic E-state index is 0.00298. The zero-order valence-electron chi connectivity index (χ0n) is 11.7. The van der Waals surface area contributed by atoms with Gasteiger partial charge in [-0.25, -0.2) is 0 Å². The van der Waals surface area contributed by atoms with Gasteiger partial charge in [-0.1, -0.05) is 6.92 Å². The molecule has 5 nitrogen and oxygen atoms in total. The predicted molar refractivity (Wildman–Crippen MR) is 78.2 cm³/mol. The number of rotatable bonds is 6. The number of anilines is 1. The van der Waals surface area contributed by atoms with Crippen LogP contribution in [0.5, 0.6) is 0 Å². The van der Waals surface area contributed by atoms with Crippen molar-refractivity contribution in [3.8, 4) is 0 Å². The molecule has 1 fully saturated rings. The summed E-state index contributed by atoms with van der Waals surface area (Å²) in [4.78, 5) is 23.5. The molecule has 0 unspecified atom stereocenters. The van der Waals surface area contributed by atoms with Crippen LogP contribution in [0.1, 0.15) is 36.5 Å². The van der Waals surface area contributed by atoms with E-state index in [1.54, 1.807) is 24.3 Å². The second kappa shape index (κ2) is 5.94. The standard InChI is InChI=1S/C15H21N3O2/c1-2-15(7-8-15)10-18-13(19)9-17-14(20)11-3-5-12(16)6-4-11/h3-6H,2,7-10,16H2,1H3,(H,17,20)(H,18,19). The van der Waals surface area contributed by atoms with Crippen molar-refractivity contribution in [2.24, 2.45) is 5.41 Å². The number of hydrogen-bond donors (Lipinski definition) is 3. The second-order valence-corrected chi connectivity index (χ2v) is 5.43. The van der Waals surface area contributed by atoms with E-state index in [0.29, 0.717) is 23.2 Å². The number of carbonyl (C=O) groups excluding carboxylic acids is 2. The molecule has 1 aromatic carbocycles. The molecule has 5 heteroatoms. The Labute approximate surface area is 118 Å². The van der Waals surface area contributed by atoms with Crippen LogP contribution >= 0.6 is 0 Å². The summed E-state index contributed by atoms with van der Waals surface area (Å²) in [5.41, 5.74) is 6.97. The van der Waals surface area contributed by atoms with Crippen LogP contribution in [0.25, 0.3) is 0 Å². The van der Waals surface area contributed by atoms with Crippen molar-refractivity contribution in [3.05, 3.63) is 29.8 Å². The van der Waals surface area contributed by atoms with E-state index < -0.39 is 0 Å². The monoisotopic (exact) mass is 275 g/mol. The molecule has 0 aliphatic heterocycles. The third-order valence-electron chi connectivity index (χ3n) is 3.95. The van der Waals surface area contributed by atoms with Crippen molar-refractivity contribution >= 4 is 17.5 Å². The fourth-order valence-corrected chi connectivity index (χ4v) is 2.08. The molecule has 0 heterocycles. The van der Waals surface area contributed by atoms with Crippen LogP contribution in [0.4, 0.5) is 5.69 Å². The van der Waals surface area contributed by atoms with Crippen molar-refractivity contribution in [1.29, 1.82) is 0 Å². The van der Waals surface area contributed by atoms with E-state index in [2.05, 4.69) is 17.6 Å². The van der Waals surface area contributed by atoms with Crippen LogP contribution in [-0.2, 0) is 4.79 Å². The zero-order valence-corrected chi connectivity index (χ0v) is 11.7. The Kier molecular flexibility index (Phi) is 4.27. The molecule has 0 radical (unpaired) electrons. The predicted octanol–water partition coefficient (Wildman–Crippen LogP) is 1.30. The number of nitrogen functional groups attached to an aromatic ring is 1. The average molecular weight is 275 g/mol. The highest BCUT2D eigenvalue weighted by Gasteiger charge is 2.40. The molecule has 2 rings (SSSR count). The molecule has 0 saturated heterocycles. The van der Waals surface area contributed by atoms with E-state index in [9.17, 15) is 9.59 Å². The summed E-state index contributed by atoms with van der Waals surface area (Å²) >= 11 is 0. The van der Waals surface area contributed by atoms with Gasteiger partial charge < -0.3 is 16.4 Å². The first kappa shape index (κ1) is 14.4.